The summed E-state index contributed by atoms with van der Waals surface area (Å²) in [5.74, 6) is 2.51. The van der Waals surface area contributed by atoms with Gasteiger partial charge in [0, 0.05) is 47.9 Å². The molecule has 1 atom stereocenters. The molecule has 1 unspecified atom stereocenters. The minimum Gasteiger partial charge on any atom is -0.334 e. The number of fused-ring (bicyclic) bond motifs is 1. The fraction of sp³-hybridized carbons (Fsp3) is 0.111. The van der Waals surface area contributed by atoms with Crippen LogP contribution in [0, 0.1) is 12.3 Å². The summed E-state index contributed by atoms with van der Waals surface area (Å²) in [6, 6.07) is 14.9. The molecule has 0 bridgehead atoms. The number of hydrogen-bond donors (Lipinski definition) is 0. The van der Waals surface area contributed by atoms with E-state index >= 15 is 4.39 Å². The summed E-state index contributed by atoms with van der Waals surface area (Å²) in [5, 5.41) is 1.05. The molecule has 0 radical (unpaired) electrons. The Morgan fingerprint density at radius 2 is 1.83 bits per heavy atom. The minimum absolute atomic E-state index is 0.267. The first kappa shape index (κ1) is 22.5. The van der Waals surface area contributed by atoms with Gasteiger partial charge in [-0.3, -0.25) is 9.36 Å². The van der Waals surface area contributed by atoms with Crippen LogP contribution in [0.4, 0.5) is 4.39 Å². The molecule has 0 aliphatic heterocycles. The highest BCUT2D eigenvalue weighted by Crippen LogP contribution is 2.42. The van der Waals surface area contributed by atoms with Gasteiger partial charge in [-0.15, -0.1) is 6.42 Å². The lowest BCUT2D eigenvalue weighted by atomic mass is 9.85. The molecule has 4 aromatic heterocycles. The molecule has 0 saturated carbocycles. The number of benzene rings is 1. The number of terminal acetylenes is 1. The van der Waals surface area contributed by atoms with Crippen LogP contribution in [0.1, 0.15) is 22.5 Å². The van der Waals surface area contributed by atoms with Crippen molar-refractivity contribution >= 4 is 22.6 Å². The average molecular weight is 484 g/mol. The number of alkyl halides is 1. The van der Waals surface area contributed by atoms with Gasteiger partial charge in [0.25, 0.3) is 5.56 Å². The molecule has 6 nitrogen and oxygen atoms in total. The van der Waals surface area contributed by atoms with E-state index in [0.717, 1.165) is 0 Å². The second-order valence-corrected chi connectivity index (χ2v) is 8.59. The van der Waals surface area contributed by atoms with Gasteiger partial charge in [0.1, 0.15) is 11.3 Å². The summed E-state index contributed by atoms with van der Waals surface area (Å²) in [6.45, 7) is 0. The Kier molecular flexibility index (Phi) is 5.46. The number of hydrogen-bond acceptors (Lipinski definition) is 4. The SMILES string of the molecule is C#Cc1cccc(-c2cc(=O)n(C)c3ncc(C(F)(c4ccc(Cl)cc4)c4cncn4C)cc23)n1. The van der Waals surface area contributed by atoms with Crippen LogP contribution in [0.15, 0.2) is 78.1 Å². The summed E-state index contributed by atoms with van der Waals surface area (Å²) < 4.78 is 20.4. The monoisotopic (exact) mass is 483 g/mol. The third-order valence-electron chi connectivity index (χ3n) is 6.06. The fourth-order valence-corrected chi connectivity index (χ4v) is 4.35. The van der Waals surface area contributed by atoms with Crippen molar-refractivity contribution in [1.82, 2.24) is 24.1 Å². The van der Waals surface area contributed by atoms with Gasteiger partial charge in [-0.1, -0.05) is 35.7 Å². The lowest BCUT2D eigenvalue weighted by Gasteiger charge is -2.27. The Hall–Kier alpha value is -4.28. The largest absolute Gasteiger partial charge is 0.334 e. The Bertz CT molecular complexity index is 1680. The maximum absolute atomic E-state index is 17.3. The predicted molar refractivity (Wildman–Crippen MR) is 134 cm³/mol. The van der Waals surface area contributed by atoms with Gasteiger partial charge in [-0.2, -0.15) is 0 Å². The number of aryl methyl sites for hydroxylation is 2. The smallest absolute Gasteiger partial charge is 0.252 e. The molecule has 4 heterocycles. The van der Waals surface area contributed by atoms with E-state index in [0.29, 0.717) is 44.3 Å². The molecule has 5 rings (SSSR count). The van der Waals surface area contributed by atoms with Crippen LogP contribution >= 0.6 is 11.6 Å². The Morgan fingerprint density at radius 3 is 2.51 bits per heavy atom. The minimum atomic E-state index is -2.10. The van der Waals surface area contributed by atoms with Crippen LogP contribution in [-0.2, 0) is 19.8 Å². The van der Waals surface area contributed by atoms with Crippen molar-refractivity contribution < 1.29 is 4.39 Å². The summed E-state index contributed by atoms with van der Waals surface area (Å²) in [6.07, 6.45) is 10.00. The molecule has 0 aliphatic rings. The maximum atomic E-state index is 17.3. The van der Waals surface area contributed by atoms with Gasteiger partial charge >= 0.3 is 0 Å². The third-order valence-corrected chi connectivity index (χ3v) is 6.31. The van der Waals surface area contributed by atoms with E-state index in [2.05, 4.69) is 20.9 Å². The zero-order valence-electron chi connectivity index (χ0n) is 18.9. The molecule has 172 valence electrons. The van der Waals surface area contributed by atoms with Crippen LogP contribution in [0.3, 0.4) is 0 Å². The fourth-order valence-electron chi connectivity index (χ4n) is 4.22. The highest BCUT2D eigenvalue weighted by molar-refractivity contribution is 6.30. The molecule has 0 spiro atoms. The van der Waals surface area contributed by atoms with E-state index in [-0.39, 0.29) is 11.1 Å². The average Bonchev–Trinajstić information content (AvgIpc) is 3.32. The van der Waals surface area contributed by atoms with Gasteiger partial charge in [0.05, 0.1) is 23.9 Å². The van der Waals surface area contributed by atoms with Crippen molar-refractivity contribution in [2.75, 3.05) is 0 Å². The zero-order chi connectivity index (χ0) is 24.7. The Labute approximate surface area is 205 Å². The molecule has 8 heteroatoms. The van der Waals surface area contributed by atoms with E-state index in [1.807, 2.05) is 0 Å². The first-order valence-electron chi connectivity index (χ1n) is 10.7. The van der Waals surface area contributed by atoms with Crippen molar-refractivity contribution in [3.8, 4) is 23.6 Å². The van der Waals surface area contributed by atoms with E-state index in [4.69, 9.17) is 18.0 Å². The number of aromatic nitrogens is 5. The predicted octanol–water partition coefficient (Wildman–Crippen LogP) is 4.63. The van der Waals surface area contributed by atoms with E-state index in [1.165, 1.54) is 23.0 Å². The molecule has 35 heavy (non-hydrogen) atoms. The van der Waals surface area contributed by atoms with Crippen molar-refractivity contribution in [3.05, 3.63) is 111 Å². The lowest BCUT2D eigenvalue weighted by Crippen LogP contribution is -2.27. The normalized spacial score (nSPS) is 12.9. The molecule has 0 aliphatic carbocycles. The van der Waals surface area contributed by atoms with Crippen molar-refractivity contribution in [3.63, 3.8) is 0 Å². The van der Waals surface area contributed by atoms with E-state index < -0.39 is 5.67 Å². The summed E-state index contributed by atoms with van der Waals surface area (Å²) in [7, 11) is 3.35. The van der Waals surface area contributed by atoms with Crippen molar-refractivity contribution in [2.24, 2.45) is 14.1 Å². The molecule has 0 fully saturated rings. The van der Waals surface area contributed by atoms with E-state index in [1.54, 1.807) is 73.5 Å². The van der Waals surface area contributed by atoms with E-state index in [9.17, 15) is 4.79 Å². The number of halogens is 2. The molecular weight excluding hydrogens is 465 g/mol. The summed E-state index contributed by atoms with van der Waals surface area (Å²) in [5.41, 5.74) is 0.420. The number of nitrogens with zero attached hydrogens (tertiary/aromatic N) is 5. The molecular formula is C27H19ClFN5O. The molecule has 0 saturated heterocycles. The Morgan fingerprint density at radius 1 is 1.06 bits per heavy atom. The number of pyridine rings is 3. The maximum Gasteiger partial charge on any atom is 0.252 e. The number of imidazole rings is 1. The van der Waals surface area contributed by atoms with Gasteiger partial charge in [-0.05, 0) is 35.9 Å². The second kappa shape index (κ2) is 8.49. The molecule has 5 aromatic rings. The van der Waals surface area contributed by atoms with Crippen molar-refractivity contribution in [2.45, 2.75) is 5.67 Å². The second-order valence-electron chi connectivity index (χ2n) is 8.16. The van der Waals surface area contributed by atoms with Crippen LogP contribution in [0.25, 0.3) is 22.3 Å². The van der Waals surface area contributed by atoms with Crippen LogP contribution in [0.5, 0.6) is 0 Å². The standard InChI is InChI=1S/C27H19ClFN5O/c1-4-20-6-5-7-23(32-20)21-13-25(35)34(3)26-22(21)12-18(14-31-26)27(29,24-15-30-16-33(24)2)17-8-10-19(28)11-9-17/h1,5-16H,2-3H3. The Balaban J connectivity index is 1.84. The summed E-state index contributed by atoms with van der Waals surface area (Å²) in [4.78, 5) is 25.8. The quantitative estimate of drug-likeness (QED) is 0.350. The van der Waals surface area contributed by atoms with Gasteiger partial charge < -0.3 is 4.57 Å². The molecule has 1 aromatic carbocycles. The van der Waals surface area contributed by atoms with Gasteiger partial charge in [0.15, 0.2) is 0 Å². The topological polar surface area (TPSA) is 65.6 Å². The molecule has 0 N–H and O–H groups in total. The summed E-state index contributed by atoms with van der Waals surface area (Å²) >= 11 is 6.08. The van der Waals surface area contributed by atoms with Gasteiger partial charge in [0.2, 0.25) is 5.67 Å². The van der Waals surface area contributed by atoms with Crippen LogP contribution < -0.4 is 5.56 Å². The van der Waals surface area contributed by atoms with Gasteiger partial charge in [-0.25, -0.2) is 19.3 Å². The third kappa shape index (κ3) is 3.69. The van der Waals surface area contributed by atoms with Crippen LogP contribution in [-0.4, -0.2) is 24.1 Å². The first-order chi connectivity index (χ1) is 16.8. The lowest BCUT2D eigenvalue weighted by molar-refractivity contribution is 0.266. The number of rotatable bonds is 4. The first-order valence-corrected chi connectivity index (χ1v) is 11.1. The van der Waals surface area contributed by atoms with Crippen molar-refractivity contribution in [1.29, 1.82) is 0 Å². The molecule has 0 amide bonds. The zero-order valence-corrected chi connectivity index (χ0v) is 19.7. The highest BCUT2D eigenvalue weighted by atomic mass is 35.5. The highest BCUT2D eigenvalue weighted by Gasteiger charge is 2.40. The van der Waals surface area contributed by atoms with Crippen LogP contribution in [0.2, 0.25) is 5.02 Å².